The van der Waals surface area contributed by atoms with Crippen LogP contribution in [0, 0.1) is 0 Å². The molecule has 12 rings (SSSR count). The van der Waals surface area contributed by atoms with E-state index in [9.17, 15) is 0 Å². The number of fused-ring (bicyclic) bond motifs is 7. The van der Waals surface area contributed by atoms with Crippen LogP contribution in [0.25, 0.3) is 90.2 Å². The molecule has 2 atom stereocenters. The topological polar surface area (TPSA) is 52.8 Å². The zero-order valence-electron chi connectivity index (χ0n) is 33.6. The molecule has 0 spiro atoms. The SMILES string of the molecule is C1=CC2c3cccc(-c4nc(-c5ccccc5)nc(-c5ccc(-c6ccccc6)cc5)n4)c3OC2c2c1n(-c1cccc(-c3ccc(-c4ccccc4)cc3)c1)c1ccccc21. The minimum Gasteiger partial charge on any atom is -0.484 e. The molecule has 0 radical (unpaired) electrons. The number of benzene rings is 8. The van der Waals surface area contributed by atoms with E-state index in [2.05, 4.69) is 187 Å². The van der Waals surface area contributed by atoms with Crippen molar-refractivity contribution in [1.82, 2.24) is 19.5 Å². The highest BCUT2D eigenvalue weighted by molar-refractivity contribution is 5.92. The normalized spacial score (nSPS) is 14.8. The lowest BCUT2D eigenvalue weighted by Gasteiger charge is -2.22. The van der Waals surface area contributed by atoms with Gasteiger partial charge in [0, 0.05) is 39.2 Å². The van der Waals surface area contributed by atoms with Crippen LogP contribution >= 0.6 is 0 Å². The number of hydrogen-bond acceptors (Lipinski definition) is 4. The highest BCUT2D eigenvalue weighted by Crippen LogP contribution is 2.55. The van der Waals surface area contributed by atoms with Crippen LogP contribution in [0.4, 0.5) is 0 Å². The molecule has 62 heavy (non-hydrogen) atoms. The van der Waals surface area contributed by atoms with Gasteiger partial charge in [0.05, 0.1) is 16.8 Å². The summed E-state index contributed by atoms with van der Waals surface area (Å²) in [5.41, 5.74) is 15.5. The Balaban J connectivity index is 0.930. The lowest BCUT2D eigenvalue weighted by molar-refractivity contribution is 0.225. The second kappa shape index (κ2) is 14.8. The third kappa shape index (κ3) is 6.13. The van der Waals surface area contributed by atoms with Crippen LogP contribution in [-0.4, -0.2) is 19.5 Å². The monoisotopic (exact) mass is 794 g/mol. The Morgan fingerprint density at radius 3 is 1.58 bits per heavy atom. The standard InChI is InChI=1S/C57H38N4O/c1-4-14-37(15-5-1)39-26-28-41(29-27-39)44-20-12-21-45(36-44)61-50-25-11-10-22-48(50)52-51(61)35-34-47-46-23-13-24-49(53(46)62-54(47)52)57-59-55(42-18-8-3-9-19-42)58-56(60-57)43-32-30-40(31-33-43)38-16-6-2-7-17-38/h1-36,47,54H. The molecule has 292 valence electrons. The summed E-state index contributed by atoms with van der Waals surface area (Å²) in [6.45, 7) is 0. The highest BCUT2D eigenvalue weighted by Gasteiger charge is 2.41. The largest absolute Gasteiger partial charge is 0.484 e. The van der Waals surface area contributed by atoms with Crippen molar-refractivity contribution in [3.05, 3.63) is 229 Å². The van der Waals surface area contributed by atoms with E-state index in [4.69, 9.17) is 19.7 Å². The molecule has 1 aliphatic heterocycles. The first-order valence-corrected chi connectivity index (χ1v) is 21.1. The van der Waals surface area contributed by atoms with Gasteiger partial charge >= 0.3 is 0 Å². The minimum absolute atomic E-state index is 0.0200. The van der Waals surface area contributed by atoms with Gasteiger partial charge in [0.25, 0.3) is 0 Å². The number of aromatic nitrogens is 4. The van der Waals surface area contributed by atoms with Gasteiger partial charge in [-0.25, -0.2) is 15.0 Å². The fourth-order valence-electron chi connectivity index (χ4n) is 9.25. The summed E-state index contributed by atoms with van der Waals surface area (Å²) in [6.07, 6.45) is 4.37. The van der Waals surface area contributed by atoms with Gasteiger partial charge in [0.1, 0.15) is 11.9 Å². The van der Waals surface area contributed by atoms with Crippen molar-refractivity contribution in [2.45, 2.75) is 12.0 Å². The van der Waals surface area contributed by atoms with Crippen LogP contribution < -0.4 is 4.74 Å². The summed E-state index contributed by atoms with van der Waals surface area (Å²) < 4.78 is 9.60. The van der Waals surface area contributed by atoms with E-state index < -0.39 is 0 Å². The Morgan fingerprint density at radius 2 is 0.919 bits per heavy atom. The number of hydrogen-bond donors (Lipinski definition) is 0. The maximum atomic E-state index is 7.21. The Kier molecular flexibility index (Phi) is 8.56. The molecule has 1 aliphatic carbocycles. The molecule has 0 fully saturated rings. The molecule has 0 amide bonds. The zero-order valence-corrected chi connectivity index (χ0v) is 33.6. The van der Waals surface area contributed by atoms with E-state index in [1.165, 1.54) is 33.2 Å². The Hall–Kier alpha value is -8.15. The smallest absolute Gasteiger partial charge is 0.167 e. The van der Waals surface area contributed by atoms with Crippen LogP contribution in [0.2, 0.25) is 0 Å². The molecular weight excluding hydrogens is 757 g/mol. The summed E-state index contributed by atoms with van der Waals surface area (Å²) in [5, 5.41) is 1.18. The lowest BCUT2D eigenvalue weighted by atomic mass is 9.85. The van der Waals surface area contributed by atoms with Gasteiger partial charge in [-0.2, -0.15) is 0 Å². The maximum absolute atomic E-state index is 7.21. The highest BCUT2D eigenvalue weighted by atomic mass is 16.5. The van der Waals surface area contributed by atoms with Gasteiger partial charge in [-0.15, -0.1) is 0 Å². The average molecular weight is 795 g/mol. The zero-order chi connectivity index (χ0) is 41.0. The van der Waals surface area contributed by atoms with E-state index in [1.807, 2.05) is 36.4 Å². The van der Waals surface area contributed by atoms with Gasteiger partial charge in [-0.3, -0.25) is 0 Å². The first-order chi connectivity index (χ1) is 30.7. The van der Waals surface area contributed by atoms with Gasteiger partial charge in [0.15, 0.2) is 17.5 Å². The third-order valence-electron chi connectivity index (χ3n) is 12.3. The molecular formula is C57H38N4O. The Morgan fingerprint density at radius 1 is 0.419 bits per heavy atom. The van der Waals surface area contributed by atoms with E-state index >= 15 is 0 Å². The molecule has 0 N–H and O–H groups in total. The van der Waals surface area contributed by atoms with Crippen LogP contribution in [0.1, 0.15) is 28.8 Å². The summed E-state index contributed by atoms with van der Waals surface area (Å²) in [7, 11) is 0. The van der Waals surface area contributed by atoms with Crippen molar-refractivity contribution in [2.75, 3.05) is 0 Å². The first-order valence-electron chi connectivity index (χ1n) is 21.1. The minimum atomic E-state index is -0.230. The molecule has 5 heteroatoms. The summed E-state index contributed by atoms with van der Waals surface area (Å²) >= 11 is 0. The molecule has 2 unspecified atom stereocenters. The van der Waals surface area contributed by atoms with Crippen LogP contribution in [0.5, 0.6) is 5.75 Å². The number of ether oxygens (including phenoxy) is 1. The van der Waals surface area contributed by atoms with Crippen molar-refractivity contribution in [1.29, 1.82) is 0 Å². The predicted molar refractivity (Wildman–Crippen MR) is 251 cm³/mol. The van der Waals surface area contributed by atoms with Crippen molar-refractivity contribution in [3.63, 3.8) is 0 Å². The Labute approximate surface area is 360 Å². The second-order valence-corrected chi connectivity index (χ2v) is 15.9. The fraction of sp³-hybridized carbons (Fsp3) is 0.0351. The molecule has 5 nitrogen and oxygen atoms in total. The summed E-state index contributed by atoms with van der Waals surface area (Å²) in [4.78, 5) is 15.3. The Bertz CT molecular complexity index is 3300. The van der Waals surface area contributed by atoms with Gasteiger partial charge in [0.2, 0.25) is 0 Å². The molecule has 10 aromatic rings. The van der Waals surface area contributed by atoms with Crippen LogP contribution in [0.3, 0.4) is 0 Å². The number of para-hydroxylation sites is 2. The van der Waals surface area contributed by atoms with E-state index in [0.717, 1.165) is 56.0 Å². The van der Waals surface area contributed by atoms with Crippen LogP contribution in [0.15, 0.2) is 212 Å². The number of rotatable bonds is 7. The van der Waals surface area contributed by atoms with Crippen molar-refractivity contribution in [2.24, 2.45) is 0 Å². The molecule has 0 saturated carbocycles. The quantitative estimate of drug-likeness (QED) is 0.161. The van der Waals surface area contributed by atoms with Crippen molar-refractivity contribution < 1.29 is 4.74 Å². The number of nitrogens with zero attached hydrogens (tertiary/aromatic N) is 4. The molecule has 3 heterocycles. The molecule has 2 aromatic heterocycles. The second-order valence-electron chi connectivity index (χ2n) is 15.9. The van der Waals surface area contributed by atoms with Gasteiger partial charge in [-0.05, 0) is 63.7 Å². The molecule has 0 saturated heterocycles. The van der Waals surface area contributed by atoms with E-state index in [1.54, 1.807) is 0 Å². The maximum Gasteiger partial charge on any atom is 0.167 e. The van der Waals surface area contributed by atoms with E-state index in [-0.39, 0.29) is 12.0 Å². The summed E-state index contributed by atoms with van der Waals surface area (Å²) in [6, 6.07) is 72.3. The first kappa shape index (κ1) is 35.8. The van der Waals surface area contributed by atoms with Crippen molar-refractivity contribution >= 4 is 17.0 Å². The average Bonchev–Trinajstić information content (AvgIpc) is 3.91. The molecule has 0 bridgehead atoms. The summed E-state index contributed by atoms with van der Waals surface area (Å²) in [5.74, 6) is 2.64. The van der Waals surface area contributed by atoms with E-state index in [0.29, 0.717) is 17.5 Å². The van der Waals surface area contributed by atoms with Gasteiger partial charge < -0.3 is 9.30 Å². The fourth-order valence-corrected chi connectivity index (χ4v) is 9.25. The van der Waals surface area contributed by atoms with Gasteiger partial charge in [-0.1, -0.05) is 188 Å². The molecule has 2 aliphatic rings. The predicted octanol–water partition coefficient (Wildman–Crippen LogP) is 14.1. The van der Waals surface area contributed by atoms with Crippen molar-refractivity contribution in [3.8, 4) is 79.0 Å². The van der Waals surface area contributed by atoms with Crippen LogP contribution in [-0.2, 0) is 0 Å². The third-order valence-corrected chi connectivity index (χ3v) is 12.3. The lowest BCUT2D eigenvalue weighted by Crippen LogP contribution is -2.13. The molecule has 8 aromatic carbocycles.